The van der Waals surface area contributed by atoms with Gasteiger partial charge in [0.1, 0.15) is 11.9 Å². The molecule has 0 radical (unpaired) electrons. The van der Waals surface area contributed by atoms with E-state index in [2.05, 4.69) is 0 Å². The van der Waals surface area contributed by atoms with Crippen molar-refractivity contribution in [3.8, 4) is 16.9 Å². The molecule has 1 aliphatic rings. The van der Waals surface area contributed by atoms with Gasteiger partial charge in [-0.05, 0) is 72.1 Å². The first-order chi connectivity index (χ1) is 20.3. The third-order valence-electron chi connectivity index (χ3n) is 7.24. The van der Waals surface area contributed by atoms with Gasteiger partial charge in [0, 0.05) is 17.5 Å². The van der Waals surface area contributed by atoms with Crippen LogP contribution in [0.4, 0.5) is 44.3 Å². The summed E-state index contributed by atoms with van der Waals surface area (Å²) in [5.74, 6) is -0.0708. The molecule has 0 aromatic heterocycles. The molecule has 3 aromatic rings. The minimum atomic E-state index is -5.15. The van der Waals surface area contributed by atoms with Crippen LogP contribution in [0.5, 0.6) is 5.75 Å². The topological polar surface area (TPSA) is 55.8 Å². The number of rotatable bonds is 7. The number of carbonyl (C=O) groups excluding carboxylic acids is 2. The summed E-state index contributed by atoms with van der Waals surface area (Å²) in [5.41, 5.74) is -4.39. The van der Waals surface area contributed by atoms with Crippen molar-refractivity contribution in [1.82, 2.24) is 4.90 Å². The van der Waals surface area contributed by atoms with Crippen LogP contribution >= 0.6 is 0 Å². The number of halogens is 9. The number of nitrogens with zero attached hydrogens (tertiary/aromatic N) is 1. The summed E-state index contributed by atoms with van der Waals surface area (Å²) in [6.45, 7) is 2.34. The number of cyclic esters (lactones) is 1. The number of alkyl halides is 9. The third kappa shape index (κ3) is 6.63. The highest BCUT2D eigenvalue weighted by Gasteiger charge is 2.44. The van der Waals surface area contributed by atoms with Crippen LogP contribution in [0.15, 0.2) is 54.6 Å². The van der Waals surface area contributed by atoms with Crippen LogP contribution in [0.25, 0.3) is 11.1 Å². The maximum atomic E-state index is 13.7. The van der Waals surface area contributed by atoms with Gasteiger partial charge < -0.3 is 9.47 Å². The van der Waals surface area contributed by atoms with Crippen molar-refractivity contribution < 1.29 is 58.6 Å². The Balaban J connectivity index is 1.80. The van der Waals surface area contributed by atoms with Gasteiger partial charge in [-0.3, -0.25) is 9.69 Å². The molecule has 1 fully saturated rings. The Kier molecular flexibility index (Phi) is 8.69. The zero-order valence-electron chi connectivity index (χ0n) is 23.2. The Morgan fingerprint density at radius 1 is 0.818 bits per heavy atom. The fraction of sp³-hybridized carbons (Fsp3) is 0.333. The number of carbonyl (C=O) groups is 2. The van der Waals surface area contributed by atoms with E-state index in [1.165, 1.54) is 32.2 Å². The van der Waals surface area contributed by atoms with Gasteiger partial charge in [-0.2, -0.15) is 39.5 Å². The van der Waals surface area contributed by atoms with Crippen molar-refractivity contribution in [2.45, 2.75) is 57.5 Å². The average Bonchev–Trinajstić information content (AvgIpc) is 3.23. The first kappa shape index (κ1) is 32.7. The lowest BCUT2D eigenvalue weighted by Gasteiger charge is -2.24. The Hall–Kier alpha value is -4.23. The Morgan fingerprint density at radius 2 is 1.41 bits per heavy atom. The Morgan fingerprint density at radius 3 is 1.93 bits per heavy atom. The molecule has 0 spiro atoms. The molecular formula is C30H24F9NO4. The molecule has 14 heteroatoms. The van der Waals surface area contributed by atoms with Crippen molar-refractivity contribution in [3.05, 3.63) is 88.0 Å². The molecule has 0 saturated carbocycles. The van der Waals surface area contributed by atoms with Crippen molar-refractivity contribution in [3.63, 3.8) is 0 Å². The molecule has 1 aliphatic heterocycles. The predicted molar refractivity (Wildman–Crippen MR) is 139 cm³/mol. The number of benzene rings is 3. The number of hydrogen-bond donors (Lipinski definition) is 0. The smallest absolute Gasteiger partial charge is 0.416 e. The van der Waals surface area contributed by atoms with Crippen molar-refractivity contribution in [2.75, 3.05) is 7.11 Å². The van der Waals surface area contributed by atoms with Crippen LogP contribution < -0.4 is 4.74 Å². The average molecular weight is 634 g/mol. The number of hydrogen-bond acceptors (Lipinski definition) is 4. The maximum Gasteiger partial charge on any atom is 0.416 e. The van der Waals surface area contributed by atoms with E-state index < -0.39 is 65.6 Å². The Labute approximate surface area is 245 Å². The van der Waals surface area contributed by atoms with Crippen LogP contribution in [-0.2, 0) is 29.8 Å². The van der Waals surface area contributed by atoms with E-state index in [1.807, 2.05) is 0 Å². The first-order valence-corrected chi connectivity index (χ1v) is 13.0. The maximum absolute atomic E-state index is 13.7. The fourth-order valence-electron chi connectivity index (χ4n) is 4.95. The molecule has 4 rings (SSSR count). The van der Waals surface area contributed by atoms with Crippen LogP contribution in [-0.4, -0.2) is 29.9 Å². The van der Waals surface area contributed by atoms with Crippen LogP contribution in [0.1, 0.15) is 64.5 Å². The van der Waals surface area contributed by atoms with Gasteiger partial charge in [-0.15, -0.1) is 0 Å². The molecule has 1 unspecified atom stereocenters. The SMILES string of the molecule is CCC(=O)c1ccc(OC)c(-c2ccc(C(F)(F)F)cc2CN2C(=O)OC(c3cc(C(F)(F)F)cc(C(F)(F)F)c3)[C@@H]2C)c1. The zero-order chi connectivity index (χ0) is 32.8. The summed E-state index contributed by atoms with van der Waals surface area (Å²) in [6.07, 6.45) is -17.7. The number of ketones is 1. The summed E-state index contributed by atoms with van der Waals surface area (Å²) >= 11 is 0. The number of ether oxygens (including phenoxy) is 2. The highest BCUT2D eigenvalue weighted by molar-refractivity contribution is 5.97. The molecule has 236 valence electrons. The van der Waals surface area contributed by atoms with E-state index in [1.54, 1.807) is 6.92 Å². The lowest BCUT2D eigenvalue weighted by atomic mass is 9.93. The molecular weight excluding hydrogens is 609 g/mol. The van der Waals surface area contributed by atoms with Gasteiger partial charge in [-0.25, -0.2) is 4.79 Å². The second kappa shape index (κ2) is 11.7. The van der Waals surface area contributed by atoms with Gasteiger partial charge in [0.15, 0.2) is 5.78 Å². The van der Waals surface area contributed by atoms with Gasteiger partial charge in [0.25, 0.3) is 0 Å². The fourth-order valence-corrected chi connectivity index (χ4v) is 4.95. The molecule has 1 heterocycles. The monoisotopic (exact) mass is 633 g/mol. The molecule has 5 nitrogen and oxygen atoms in total. The van der Waals surface area contributed by atoms with Crippen molar-refractivity contribution >= 4 is 11.9 Å². The number of amides is 1. The molecule has 0 aliphatic carbocycles. The van der Waals surface area contributed by atoms with Crippen LogP contribution in [0.3, 0.4) is 0 Å². The molecule has 0 bridgehead atoms. The van der Waals surface area contributed by atoms with E-state index in [0.29, 0.717) is 12.1 Å². The minimum absolute atomic E-state index is 0.0671. The number of methoxy groups -OCH3 is 1. The summed E-state index contributed by atoms with van der Waals surface area (Å²) in [5, 5.41) is 0. The molecule has 1 saturated heterocycles. The quantitative estimate of drug-likeness (QED) is 0.192. The van der Waals surface area contributed by atoms with E-state index in [0.717, 1.165) is 23.1 Å². The van der Waals surface area contributed by atoms with E-state index in [-0.39, 0.29) is 46.3 Å². The van der Waals surface area contributed by atoms with Crippen molar-refractivity contribution in [2.24, 2.45) is 0 Å². The summed E-state index contributed by atoms with van der Waals surface area (Å²) in [4.78, 5) is 26.2. The molecule has 2 atom stereocenters. The highest BCUT2D eigenvalue weighted by Crippen LogP contribution is 2.43. The number of Topliss-reactive ketones (excluding diaryl/α,β-unsaturated/α-hetero) is 1. The Bertz CT molecular complexity index is 1550. The predicted octanol–water partition coefficient (Wildman–Crippen LogP) is 9.09. The van der Waals surface area contributed by atoms with Gasteiger partial charge in [0.2, 0.25) is 0 Å². The van der Waals surface area contributed by atoms with E-state index >= 15 is 0 Å². The molecule has 44 heavy (non-hydrogen) atoms. The first-order valence-electron chi connectivity index (χ1n) is 13.0. The summed E-state index contributed by atoms with van der Waals surface area (Å²) in [6, 6.07) is 6.64. The molecule has 1 amide bonds. The van der Waals surface area contributed by atoms with Crippen molar-refractivity contribution in [1.29, 1.82) is 0 Å². The lowest BCUT2D eigenvalue weighted by Crippen LogP contribution is -2.32. The van der Waals surface area contributed by atoms with E-state index in [4.69, 9.17) is 9.47 Å². The largest absolute Gasteiger partial charge is 0.496 e. The third-order valence-corrected chi connectivity index (χ3v) is 7.24. The molecule has 3 aromatic carbocycles. The van der Waals surface area contributed by atoms with Crippen LogP contribution in [0, 0.1) is 0 Å². The zero-order valence-corrected chi connectivity index (χ0v) is 23.2. The minimum Gasteiger partial charge on any atom is -0.496 e. The second-order valence-electron chi connectivity index (χ2n) is 10.1. The summed E-state index contributed by atoms with van der Waals surface area (Å²) in [7, 11) is 1.30. The van der Waals surface area contributed by atoms with Crippen LogP contribution in [0.2, 0.25) is 0 Å². The standard InChI is InChI=1S/C30H24F9NO4/c1-4-24(41)16-5-8-25(43-3)23(12-16)22-7-6-19(28(31,32)33)11-18(22)14-40-15(2)26(44-27(40)42)17-9-20(29(34,35)36)13-21(10-17)30(37,38)39/h5-13,15,26H,4,14H2,1-3H3/t15-,26?/m0/s1. The second-order valence-corrected chi connectivity index (χ2v) is 10.1. The van der Waals surface area contributed by atoms with Gasteiger partial charge >= 0.3 is 24.6 Å². The van der Waals surface area contributed by atoms with Gasteiger partial charge in [0.05, 0.1) is 36.4 Å². The summed E-state index contributed by atoms with van der Waals surface area (Å²) < 4.78 is 132. The normalized spacial score (nSPS) is 17.5. The highest BCUT2D eigenvalue weighted by atomic mass is 19.4. The van der Waals surface area contributed by atoms with Gasteiger partial charge in [-0.1, -0.05) is 13.0 Å². The lowest BCUT2D eigenvalue weighted by molar-refractivity contribution is -0.143. The van der Waals surface area contributed by atoms with E-state index in [9.17, 15) is 49.1 Å². The molecule has 0 N–H and O–H groups in total.